The predicted octanol–water partition coefficient (Wildman–Crippen LogP) is 6.68. The Morgan fingerprint density at radius 3 is 2.35 bits per heavy atom. The summed E-state index contributed by atoms with van der Waals surface area (Å²) < 4.78 is 27.6. The molecule has 0 aliphatic rings. The predicted molar refractivity (Wildman–Crippen MR) is 152 cm³/mol. The lowest BCUT2D eigenvalue weighted by Gasteiger charge is -2.09. The maximum atomic E-state index is 14.7. The number of carbonyl (C=O) groups is 2. The number of aryl methyl sites for hydroxylation is 1. The molecular formula is C32H32FNO6. The van der Waals surface area contributed by atoms with E-state index in [-0.39, 0.29) is 18.7 Å². The summed E-state index contributed by atoms with van der Waals surface area (Å²) in [5.41, 5.74) is 3.05. The molecule has 0 amide bonds. The minimum absolute atomic E-state index is 0.0408. The van der Waals surface area contributed by atoms with Crippen molar-refractivity contribution in [2.75, 3.05) is 13.2 Å². The lowest BCUT2D eigenvalue weighted by atomic mass is 10.0. The molecule has 0 radical (unpaired) electrons. The van der Waals surface area contributed by atoms with Crippen molar-refractivity contribution in [2.24, 2.45) is 0 Å². The second-order valence-corrected chi connectivity index (χ2v) is 9.41. The second kappa shape index (κ2) is 14.0. The van der Waals surface area contributed by atoms with Gasteiger partial charge in [-0.05, 0) is 66.6 Å². The van der Waals surface area contributed by atoms with Gasteiger partial charge in [-0.1, -0.05) is 54.6 Å². The molecule has 0 spiro atoms. The largest absolute Gasteiger partial charge is 0.494 e. The molecule has 4 rings (SSSR count). The third-order valence-corrected chi connectivity index (χ3v) is 6.37. The molecule has 2 N–H and O–H groups in total. The Labute approximate surface area is 232 Å². The molecule has 0 fully saturated rings. The number of benzene rings is 3. The number of unbranched alkanes of at least 4 members (excludes halogenated alkanes) is 1. The standard InChI is InChI=1S/C32H32FNO6/c33-28-20-23(15-17-29(28)40-19-5-4-18-39-26-10-2-1-3-11-26)14-16-24-8-6-12-27-25(9-7-13-30(35)36)21-34(32(24)27)22-31(37)38/h1-3,6,8,10-12,14-17,20-21H,4-5,7,9,13,18-19,22H2,(H,35,36)(H,37,38). The van der Waals surface area contributed by atoms with Crippen molar-refractivity contribution in [1.29, 1.82) is 0 Å². The van der Waals surface area contributed by atoms with Crippen LogP contribution in [0.25, 0.3) is 23.1 Å². The molecule has 0 atom stereocenters. The van der Waals surface area contributed by atoms with Crippen LogP contribution in [0.5, 0.6) is 11.5 Å². The quantitative estimate of drug-likeness (QED) is 0.128. The molecule has 7 nitrogen and oxygen atoms in total. The van der Waals surface area contributed by atoms with Crippen LogP contribution in [0.3, 0.4) is 0 Å². The Kier molecular flexibility index (Phi) is 9.93. The minimum atomic E-state index is -0.978. The number of hydrogen-bond acceptors (Lipinski definition) is 4. The fourth-order valence-electron chi connectivity index (χ4n) is 4.51. The Morgan fingerprint density at radius 2 is 1.62 bits per heavy atom. The zero-order valence-corrected chi connectivity index (χ0v) is 22.1. The Bertz CT molecular complexity index is 1480. The fourth-order valence-corrected chi connectivity index (χ4v) is 4.51. The normalized spacial score (nSPS) is 11.2. The number of fused-ring (bicyclic) bond motifs is 1. The van der Waals surface area contributed by atoms with Gasteiger partial charge in [-0.25, -0.2) is 4.39 Å². The highest BCUT2D eigenvalue weighted by molar-refractivity contribution is 5.94. The summed E-state index contributed by atoms with van der Waals surface area (Å²) in [6.45, 7) is 0.715. The van der Waals surface area contributed by atoms with E-state index in [0.717, 1.165) is 40.6 Å². The van der Waals surface area contributed by atoms with Crippen LogP contribution in [0.1, 0.15) is 42.4 Å². The van der Waals surface area contributed by atoms with Crippen LogP contribution < -0.4 is 9.47 Å². The number of aromatic nitrogens is 1. The van der Waals surface area contributed by atoms with E-state index in [1.807, 2.05) is 54.6 Å². The third kappa shape index (κ3) is 7.96. The SMILES string of the molecule is O=C(O)CCCc1cn(CC(=O)O)c2c(C=Cc3ccc(OCCCCOc4ccccc4)c(F)c3)cccc12. The molecular weight excluding hydrogens is 513 g/mol. The Hall–Kier alpha value is -4.59. The first-order chi connectivity index (χ1) is 19.4. The van der Waals surface area contributed by atoms with Gasteiger partial charge in [-0.2, -0.15) is 0 Å². The molecule has 208 valence electrons. The van der Waals surface area contributed by atoms with Crippen molar-refractivity contribution in [1.82, 2.24) is 4.57 Å². The molecule has 1 heterocycles. The van der Waals surface area contributed by atoms with Gasteiger partial charge in [-0.3, -0.25) is 9.59 Å². The van der Waals surface area contributed by atoms with Crippen LogP contribution in [0.2, 0.25) is 0 Å². The lowest BCUT2D eigenvalue weighted by Crippen LogP contribution is -2.07. The van der Waals surface area contributed by atoms with Gasteiger partial charge in [0.1, 0.15) is 12.3 Å². The highest BCUT2D eigenvalue weighted by Crippen LogP contribution is 2.28. The first-order valence-electron chi connectivity index (χ1n) is 13.2. The van der Waals surface area contributed by atoms with Gasteiger partial charge in [0, 0.05) is 18.0 Å². The van der Waals surface area contributed by atoms with Gasteiger partial charge in [0.15, 0.2) is 11.6 Å². The number of nitrogens with zero attached hydrogens (tertiary/aromatic N) is 1. The number of hydrogen-bond donors (Lipinski definition) is 2. The van der Waals surface area contributed by atoms with Gasteiger partial charge in [-0.15, -0.1) is 0 Å². The van der Waals surface area contributed by atoms with Crippen molar-refractivity contribution >= 4 is 35.0 Å². The van der Waals surface area contributed by atoms with E-state index in [2.05, 4.69) is 0 Å². The number of para-hydroxylation sites is 2. The van der Waals surface area contributed by atoms with E-state index < -0.39 is 17.8 Å². The monoisotopic (exact) mass is 545 g/mol. The van der Waals surface area contributed by atoms with E-state index >= 15 is 0 Å². The van der Waals surface area contributed by atoms with Gasteiger partial charge >= 0.3 is 11.9 Å². The molecule has 3 aromatic carbocycles. The number of halogens is 1. The number of ether oxygens (including phenoxy) is 2. The molecule has 0 saturated carbocycles. The van der Waals surface area contributed by atoms with Crippen molar-refractivity contribution in [2.45, 2.75) is 38.6 Å². The van der Waals surface area contributed by atoms with Crippen molar-refractivity contribution in [3.05, 3.63) is 95.4 Å². The van der Waals surface area contributed by atoms with Crippen molar-refractivity contribution < 1.29 is 33.7 Å². The summed E-state index contributed by atoms with van der Waals surface area (Å²) >= 11 is 0. The molecule has 0 saturated heterocycles. The lowest BCUT2D eigenvalue weighted by molar-refractivity contribution is -0.138. The number of aliphatic carboxylic acids is 2. The number of carboxylic acids is 2. The average molecular weight is 546 g/mol. The van der Waals surface area contributed by atoms with Crippen molar-refractivity contribution in [3.63, 3.8) is 0 Å². The maximum Gasteiger partial charge on any atom is 0.323 e. The highest BCUT2D eigenvalue weighted by Gasteiger charge is 2.14. The zero-order chi connectivity index (χ0) is 28.3. The fraction of sp³-hybridized carbons (Fsp3) is 0.250. The minimum Gasteiger partial charge on any atom is -0.494 e. The average Bonchev–Trinajstić information content (AvgIpc) is 3.27. The molecule has 1 aromatic heterocycles. The van der Waals surface area contributed by atoms with Gasteiger partial charge in [0.25, 0.3) is 0 Å². The zero-order valence-electron chi connectivity index (χ0n) is 22.1. The Balaban J connectivity index is 1.39. The van der Waals surface area contributed by atoms with Gasteiger partial charge in [0.2, 0.25) is 0 Å². The van der Waals surface area contributed by atoms with E-state index in [1.165, 1.54) is 6.07 Å². The summed E-state index contributed by atoms with van der Waals surface area (Å²) in [5, 5.41) is 19.3. The van der Waals surface area contributed by atoms with Crippen LogP contribution in [0.4, 0.5) is 4.39 Å². The molecule has 0 unspecified atom stereocenters. The van der Waals surface area contributed by atoms with Crippen molar-refractivity contribution in [3.8, 4) is 11.5 Å². The molecule has 8 heteroatoms. The van der Waals surface area contributed by atoms with E-state index in [1.54, 1.807) is 29.0 Å². The summed E-state index contributed by atoms with van der Waals surface area (Å²) in [7, 11) is 0. The van der Waals surface area contributed by atoms with Crippen LogP contribution in [0.15, 0.2) is 72.9 Å². The first kappa shape index (κ1) is 28.4. The second-order valence-electron chi connectivity index (χ2n) is 9.41. The van der Waals surface area contributed by atoms with Crippen LogP contribution in [0, 0.1) is 5.82 Å². The molecule has 0 aliphatic carbocycles. The smallest absolute Gasteiger partial charge is 0.323 e. The summed E-state index contributed by atoms with van der Waals surface area (Å²) in [6.07, 6.45) is 7.90. The van der Waals surface area contributed by atoms with E-state index in [4.69, 9.17) is 14.6 Å². The van der Waals surface area contributed by atoms with Gasteiger partial charge < -0.3 is 24.3 Å². The first-order valence-corrected chi connectivity index (χ1v) is 13.2. The summed E-state index contributed by atoms with van der Waals surface area (Å²) in [4.78, 5) is 22.4. The van der Waals surface area contributed by atoms with Crippen LogP contribution in [-0.2, 0) is 22.6 Å². The molecule has 0 bridgehead atoms. The maximum absolute atomic E-state index is 14.7. The molecule has 40 heavy (non-hydrogen) atoms. The topological polar surface area (TPSA) is 98.0 Å². The number of rotatable bonds is 15. The van der Waals surface area contributed by atoms with E-state index in [9.17, 15) is 19.1 Å². The summed E-state index contributed by atoms with van der Waals surface area (Å²) in [5.74, 6) is -1.30. The van der Waals surface area contributed by atoms with Crippen LogP contribution >= 0.6 is 0 Å². The number of carboxylic acid groups (broad SMARTS) is 2. The molecule has 0 aliphatic heterocycles. The van der Waals surface area contributed by atoms with Gasteiger partial charge in [0.05, 0.1) is 18.7 Å². The third-order valence-electron chi connectivity index (χ3n) is 6.37. The Morgan fingerprint density at radius 1 is 0.850 bits per heavy atom. The van der Waals surface area contributed by atoms with E-state index in [0.29, 0.717) is 31.6 Å². The molecule has 4 aromatic rings. The van der Waals surface area contributed by atoms with Crippen LogP contribution in [-0.4, -0.2) is 39.9 Å². The summed E-state index contributed by atoms with van der Waals surface area (Å²) in [6, 6.07) is 20.0. The highest BCUT2D eigenvalue weighted by atomic mass is 19.1.